The molecule has 412 valence electrons. The number of unbranched alkanes of at least 4 members (excludes halogenated alkanes) is 43. The first-order valence-electron chi connectivity index (χ1n) is 31.3. The Labute approximate surface area is 436 Å². The Morgan fingerprint density at radius 3 is 1.10 bits per heavy atom. The monoisotopic (exact) mass is 984 g/mol. The summed E-state index contributed by atoms with van der Waals surface area (Å²) in [6.07, 6.45) is 74.6. The van der Waals surface area contributed by atoms with Crippen molar-refractivity contribution >= 4 is 11.9 Å². The van der Waals surface area contributed by atoms with Gasteiger partial charge in [-0.25, -0.2) is 0 Å². The molecular formula is C64H121NO5. The summed E-state index contributed by atoms with van der Waals surface area (Å²) in [5.74, 6) is -0.0984. The summed E-state index contributed by atoms with van der Waals surface area (Å²) in [6.45, 7) is 4.87. The molecule has 0 saturated carbocycles. The van der Waals surface area contributed by atoms with Gasteiger partial charge >= 0.3 is 5.97 Å². The molecule has 2 unspecified atom stereocenters. The highest BCUT2D eigenvalue weighted by Gasteiger charge is 2.18. The summed E-state index contributed by atoms with van der Waals surface area (Å²) in [5.41, 5.74) is 0. The van der Waals surface area contributed by atoms with E-state index in [1.807, 2.05) is 6.08 Å². The van der Waals surface area contributed by atoms with E-state index >= 15 is 0 Å². The first-order chi connectivity index (χ1) is 34.5. The van der Waals surface area contributed by atoms with Crippen molar-refractivity contribution in [3.63, 3.8) is 0 Å². The average Bonchev–Trinajstić information content (AvgIpc) is 3.36. The Morgan fingerprint density at radius 2 is 0.714 bits per heavy atom. The minimum atomic E-state index is -0.855. The molecule has 0 aliphatic rings. The maximum atomic E-state index is 12.5. The molecule has 0 aromatic rings. The lowest BCUT2D eigenvalue weighted by molar-refractivity contribution is -0.143. The third-order valence-electron chi connectivity index (χ3n) is 14.4. The zero-order valence-corrected chi connectivity index (χ0v) is 47.0. The molecule has 0 aromatic carbocycles. The number of amides is 1. The maximum Gasteiger partial charge on any atom is 0.305 e. The third-order valence-corrected chi connectivity index (χ3v) is 14.4. The van der Waals surface area contributed by atoms with Crippen LogP contribution in [-0.2, 0) is 14.3 Å². The van der Waals surface area contributed by atoms with Crippen LogP contribution in [0.4, 0.5) is 0 Å². The summed E-state index contributed by atoms with van der Waals surface area (Å²) >= 11 is 0. The molecule has 0 aliphatic carbocycles. The van der Waals surface area contributed by atoms with Crippen LogP contribution in [0.15, 0.2) is 36.5 Å². The van der Waals surface area contributed by atoms with Crippen molar-refractivity contribution < 1.29 is 24.5 Å². The van der Waals surface area contributed by atoms with E-state index in [2.05, 4.69) is 43.5 Å². The van der Waals surface area contributed by atoms with Crippen LogP contribution in [0.1, 0.15) is 335 Å². The van der Waals surface area contributed by atoms with E-state index in [9.17, 15) is 19.8 Å². The molecule has 0 heterocycles. The van der Waals surface area contributed by atoms with Crippen molar-refractivity contribution in [2.45, 2.75) is 347 Å². The van der Waals surface area contributed by atoms with Crippen molar-refractivity contribution in [3.05, 3.63) is 36.5 Å². The Morgan fingerprint density at radius 1 is 0.400 bits per heavy atom. The molecule has 6 heteroatoms. The minimum Gasteiger partial charge on any atom is -0.466 e. The number of carbonyl (C=O) groups excluding carboxylic acids is 2. The van der Waals surface area contributed by atoms with Crippen LogP contribution >= 0.6 is 0 Å². The van der Waals surface area contributed by atoms with Gasteiger partial charge in [0.25, 0.3) is 0 Å². The molecule has 1 amide bonds. The first kappa shape index (κ1) is 68.1. The number of rotatable bonds is 58. The molecule has 0 fully saturated rings. The summed E-state index contributed by atoms with van der Waals surface area (Å²) in [5, 5.41) is 23.2. The molecule has 0 rings (SSSR count). The minimum absolute atomic E-state index is 0.0197. The van der Waals surface area contributed by atoms with Crippen molar-refractivity contribution in [2.24, 2.45) is 0 Å². The second-order valence-electron chi connectivity index (χ2n) is 21.4. The molecule has 6 nitrogen and oxygen atoms in total. The van der Waals surface area contributed by atoms with Crippen LogP contribution in [0.3, 0.4) is 0 Å². The second kappa shape index (κ2) is 59.6. The van der Waals surface area contributed by atoms with Crippen molar-refractivity contribution in [1.29, 1.82) is 0 Å². The number of aliphatic hydroxyl groups excluding tert-OH is 2. The van der Waals surface area contributed by atoms with Crippen molar-refractivity contribution in [3.8, 4) is 0 Å². The summed E-state index contributed by atoms with van der Waals surface area (Å²) in [6, 6.07) is -0.640. The fourth-order valence-electron chi connectivity index (χ4n) is 9.61. The van der Waals surface area contributed by atoms with Gasteiger partial charge in [-0.05, 0) is 64.2 Å². The fraction of sp³-hybridized carbons (Fsp3) is 0.875. The lowest BCUT2D eigenvalue weighted by Crippen LogP contribution is -2.45. The third kappa shape index (κ3) is 55.4. The maximum absolute atomic E-state index is 12.5. The largest absolute Gasteiger partial charge is 0.466 e. The molecule has 3 N–H and O–H groups in total. The molecule has 0 bridgehead atoms. The van der Waals surface area contributed by atoms with E-state index in [1.165, 1.54) is 244 Å². The van der Waals surface area contributed by atoms with Crippen LogP contribution in [0.2, 0.25) is 0 Å². The highest BCUT2D eigenvalue weighted by molar-refractivity contribution is 5.76. The molecule has 0 spiro atoms. The second-order valence-corrected chi connectivity index (χ2v) is 21.4. The van der Waals surface area contributed by atoms with Gasteiger partial charge in [0.1, 0.15) is 0 Å². The standard InChI is InChI=1S/C64H121NO5/c1-3-5-7-9-11-13-15-17-19-21-22-23-24-25-26-27-28-29-32-36-40-44-48-52-56-62(67)61(60-66)65-63(68)57-53-49-45-41-37-33-31-35-39-43-47-51-55-59-70-64(69)58-54-50-46-42-38-34-30-20-18-16-14-12-10-8-6-4-2/h14,16,20,30,52,56,61-62,66-67H,3-13,15,17-19,21-29,31-51,53-55,57-60H2,1-2H3,(H,65,68)/b16-14-,30-20-,56-52+. The van der Waals surface area contributed by atoms with Gasteiger partial charge in [0.15, 0.2) is 0 Å². The zero-order chi connectivity index (χ0) is 50.7. The molecular weight excluding hydrogens is 863 g/mol. The van der Waals surface area contributed by atoms with Gasteiger partial charge in [-0.3, -0.25) is 9.59 Å². The van der Waals surface area contributed by atoms with Crippen LogP contribution < -0.4 is 5.32 Å². The Balaban J connectivity index is 3.48. The number of hydrogen-bond donors (Lipinski definition) is 3. The lowest BCUT2D eigenvalue weighted by Gasteiger charge is -2.20. The highest BCUT2D eigenvalue weighted by atomic mass is 16.5. The average molecular weight is 985 g/mol. The molecule has 0 aliphatic heterocycles. The smallest absolute Gasteiger partial charge is 0.305 e. The van der Waals surface area contributed by atoms with E-state index in [1.54, 1.807) is 6.08 Å². The van der Waals surface area contributed by atoms with E-state index < -0.39 is 12.1 Å². The van der Waals surface area contributed by atoms with Gasteiger partial charge in [0, 0.05) is 12.8 Å². The number of aliphatic hydroxyl groups is 2. The van der Waals surface area contributed by atoms with Crippen LogP contribution in [0.25, 0.3) is 0 Å². The van der Waals surface area contributed by atoms with Gasteiger partial charge in [-0.2, -0.15) is 0 Å². The van der Waals surface area contributed by atoms with E-state index in [-0.39, 0.29) is 18.5 Å². The Kier molecular flexibility index (Phi) is 58.0. The first-order valence-corrected chi connectivity index (χ1v) is 31.3. The zero-order valence-electron chi connectivity index (χ0n) is 47.0. The topological polar surface area (TPSA) is 95.9 Å². The highest BCUT2D eigenvalue weighted by Crippen LogP contribution is 2.17. The van der Waals surface area contributed by atoms with Crippen LogP contribution in [0.5, 0.6) is 0 Å². The normalized spacial score (nSPS) is 12.8. The van der Waals surface area contributed by atoms with E-state index in [4.69, 9.17) is 4.74 Å². The number of esters is 1. The van der Waals surface area contributed by atoms with Crippen LogP contribution in [0, 0.1) is 0 Å². The molecule has 0 saturated heterocycles. The van der Waals surface area contributed by atoms with Gasteiger partial charge in [0.05, 0.1) is 25.4 Å². The number of hydrogen-bond acceptors (Lipinski definition) is 5. The molecule has 0 radical (unpaired) electrons. The number of nitrogens with one attached hydrogen (secondary N) is 1. The number of carbonyl (C=O) groups is 2. The summed E-state index contributed by atoms with van der Waals surface area (Å²) in [4.78, 5) is 24.6. The molecule has 2 atom stereocenters. The van der Waals surface area contributed by atoms with E-state index in [0.29, 0.717) is 19.4 Å². The van der Waals surface area contributed by atoms with Gasteiger partial charge in [0.2, 0.25) is 5.91 Å². The van der Waals surface area contributed by atoms with Crippen LogP contribution in [-0.4, -0.2) is 47.4 Å². The summed E-state index contributed by atoms with van der Waals surface area (Å²) in [7, 11) is 0. The fourth-order valence-corrected chi connectivity index (χ4v) is 9.61. The van der Waals surface area contributed by atoms with Gasteiger partial charge in [-0.1, -0.05) is 294 Å². The Bertz CT molecular complexity index is 1130. The van der Waals surface area contributed by atoms with Gasteiger partial charge < -0.3 is 20.3 Å². The molecule has 0 aromatic heterocycles. The SMILES string of the molecule is CCCCCC/C=C\C/C=C\CCCCCCCC(=O)OCCCCCCCCCCCCCCCC(=O)NC(CO)C(O)/C=C/CCCCCCCCCCCCCCCCCCCCCCCC. The van der Waals surface area contributed by atoms with Crippen molar-refractivity contribution in [1.82, 2.24) is 5.32 Å². The quantitative estimate of drug-likeness (QED) is 0.0321. The Hall–Kier alpha value is -1.92. The van der Waals surface area contributed by atoms with Crippen molar-refractivity contribution in [2.75, 3.05) is 13.2 Å². The number of ether oxygens (including phenoxy) is 1. The number of allylic oxidation sites excluding steroid dienone is 5. The predicted molar refractivity (Wildman–Crippen MR) is 306 cm³/mol. The summed E-state index contributed by atoms with van der Waals surface area (Å²) < 4.78 is 5.47. The van der Waals surface area contributed by atoms with Gasteiger partial charge in [-0.15, -0.1) is 0 Å². The van der Waals surface area contributed by atoms with E-state index in [0.717, 1.165) is 64.2 Å². The predicted octanol–water partition coefficient (Wildman–Crippen LogP) is 19.6. The molecule has 70 heavy (non-hydrogen) atoms. The lowest BCUT2D eigenvalue weighted by atomic mass is 10.0.